The van der Waals surface area contributed by atoms with Gasteiger partial charge in [0.25, 0.3) is 0 Å². The van der Waals surface area contributed by atoms with Crippen molar-refractivity contribution in [2.24, 2.45) is 0 Å². The van der Waals surface area contributed by atoms with Crippen LogP contribution in [-0.2, 0) is 0 Å². The van der Waals surface area contributed by atoms with Crippen molar-refractivity contribution in [3.05, 3.63) is 45.2 Å². The Bertz CT molecular complexity index is 557. The fraction of sp³-hybridized carbons (Fsp3) is 0.167. The Balaban J connectivity index is 2.40. The number of benzene rings is 1. The minimum absolute atomic E-state index is 0.219. The summed E-state index contributed by atoms with van der Waals surface area (Å²) in [5.41, 5.74) is 2.24. The molecule has 5 heteroatoms. The summed E-state index contributed by atoms with van der Waals surface area (Å²) in [5.74, 6) is -0.190. The monoisotopic (exact) mass is 343 g/mol. The van der Waals surface area contributed by atoms with Crippen LogP contribution < -0.4 is 5.32 Å². The largest absolute Gasteiger partial charge is 0.337 e. The molecule has 0 amide bonds. The molecule has 2 aromatic rings. The van der Waals surface area contributed by atoms with E-state index in [0.29, 0.717) is 9.53 Å². The third-order valence-electron chi connectivity index (χ3n) is 2.39. The number of rotatable bonds is 2. The maximum Gasteiger partial charge on any atom is 0.193 e. The summed E-state index contributed by atoms with van der Waals surface area (Å²) >= 11 is 1.97. The lowest BCUT2D eigenvalue weighted by molar-refractivity contribution is 0.604. The first-order valence-electron chi connectivity index (χ1n) is 5.10. The highest BCUT2D eigenvalue weighted by atomic mass is 127. The highest BCUT2D eigenvalue weighted by molar-refractivity contribution is 14.1. The molecule has 0 bridgehead atoms. The molecule has 0 aliphatic heterocycles. The molecule has 1 aromatic carbocycles. The minimum atomic E-state index is -0.409. The molecule has 0 spiro atoms. The van der Waals surface area contributed by atoms with Crippen LogP contribution in [0.2, 0.25) is 0 Å². The SMILES string of the molecule is Cc1ccccc1Nc1nc(I)nc(C)c1F. The molecule has 0 unspecified atom stereocenters. The average Bonchev–Trinajstić information content (AvgIpc) is 2.28. The zero-order chi connectivity index (χ0) is 12.4. The van der Waals surface area contributed by atoms with Gasteiger partial charge in [0.1, 0.15) is 0 Å². The van der Waals surface area contributed by atoms with E-state index >= 15 is 0 Å². The number of hydrogen-bond donors (Lipinski definition) is 1. The maximum atomic E-state index is 13.8. The third kappa shape index (κ3) is 2.71. The summed E-state index contributed by atoms with van der Waals surface area (Å²) in [6, 6.07) is 7.68. The summed E-state index contributed by atoms with van der Waals surface area (Å²) in [6.07, 6.45) is 0. The van der Waals surface area contributed by atoms with Crippen molar-refractivity contribution < 1.29 is 4.39 Å². The summed E-state index contributed by atoms with van der Waals surface area (Å²) in [6.45, 7) is 3.58. The number of nitrogens with one attached hydrogen (secondary N) is 1. The molecular formula is C12H11FIN3. The number of aryl methyl sites for hydroxylation is 2. The number of nitrogens with zero attached hydrogens (tertiary/aromatic N) is 2. The Hall–Kier alpha value is -1.24. The predicted octanol–water partition coefficient (Wildman–Crippen LogP) is 3.58. The van der Waals surface area contributed by atoms with Gasteiger partial charge in [-0.2, -0.15) is 0 Å². The molecular weight excluding hydrogens is 332 g/mol. The molecule has 2 rings (SSSR count). The maximum absolute atomic E-state index is 13.8. The van der Waals surface area contributed by atoms with Gasteiger partial charge in [-0.05, 0) is 25.5 Å². The van der Waals surface area contributed by atoms with Crippen molar-refractivity contribution in [1.82, 2.24) is 9.97 Å². The number of anilines is 2. The Kier molecular flexibility index (Phi) is 3.56. The zero-order valence-electron chi connectivity index (χ0n) is 9.46. The number of para-hydroxylation sites is 1. The van der Waals surface area contributed by atoms with Crippen LogP contribution >= 0.6 is 22.6 Å². The quantitative estimate of drug-likeness (QED) is 0.669. The Morgan fingerprint density at radius 3 is 2.59 bits per heavy atom. The lowest BCUT2D eigenvalue weighted by Gasteiger charge is -2.10. The molecule has 0 atom stereocenters. The first kappa shape index (κ1) is 12.2. The highest BCUT2D eigenvalue weighted by Crippen LogP contribution is 2.22. The van der Waals surface area contributed by atoms with E-state index in [-0.39, 0.29) is 5.82 Å². The van der Waals surface area contributed by atoms with Crippen LogP contribution in [0.25, 0.3) is 0 Å². The van der Waals surface area contributed by atoms with Gasteiger partial charge in [0.15, 0.2) is 15.5 Å². The van der Waals surface area contributed by atoms with Gasteiger partial charge in [-0.1, -0.05) is 18.2 Å². The lowest BCUT2D eigenvalue weighted by Crippen LogP contribution is -2.04. The molecule has 17 heavy (non-hydrogen) atoms. The summed E-state index contributed by atoms with van der Waals surface area (Å²) < 4.78 is 14.3. The van der Waals surface area contributed by atoms with Gasteiger partial charge in [0.05, 0.1) is 5.69 Å². The predicted molar refractivity (Wildman–Crippen MR) is 73.9 cm³/mol. The standard InChI is InChI=1S/C12H11FIN3/c1-7-5-3-4-6-9(7)16-11-10(13)8(2)15-12(14)17-11/h3-6H,1-2H3,(H,15,16,17). The average molecular weight is 343 g/mol. The smallest absolute Gasteiger partial charge is 0.193 e. The normalized spacial score (nSPS) is 10.4. The van der Waals surface area contributed by atoms with Gasteiger partial charge < -0.3 is 5.32 Å². The highest BCUT2D eigenvalue weighted by Gasteiger charge is 2.10. The van der Waals surface area contributed by atoms with Crippen LogP contribution in [0.1, 0.15) is 11.3 Å². The van der Waals surface area contributed by atoms with Gasteiger partial charge in [-0.15, -0.1) is 0 Å². The number of aromatic nitrogens is 2. The summed E-state index contributed by atoms with van der Waals surface area (Å²) in [4.78, 5) is 8.02. The molecule has 0 aliphatic carbocycles. The first-order chi connectivity index (χ1) is 8.08. The molecule has 3 nitrogen and oxygen atoms in total. The molecule has 0 radical (unpaired) electrons. The van der Waals surface area contributed by atoms with E-state index in [4.69, 9.17) is 0 Å². The topological polar surface area (TPSA) is 37.8 Å². The van der Waals surface area contributed by atoms with E-state index in [9.17, 15) is 4.39 Å². The first-order valence-corrected chi connectivity index (χ1v) is 6.18. The van der Waals surface area contributed by atoms with Crippen LogP contribution in [0, 0.1) is 23.5 Å². The summed E-state index contributed by atoms with van der Waals surface area (Å²) in [5, 5.41) is 2.99. The fourth-order valence-corrected chi connectivity index (χ4v) is 2.05. The van der Waals surface area contributed by atoms with E-state index < -0.39 is 5.82 Å². The number of halogens is 2. The molecule has 1 heterocycles. The molecule has 0 aliphatic rings. The zero-order valence-corrected chi connectivity index (χ0v) is 11.6. The summed E-state index contributed by atoms with van der Waals surface area (Å²) in [7, 11) is 0. The van der Waals surface area contributed by atoms with Crippen molar-refractivity contribution in [3.63, 3.8) is 0 Å². The van der Waals surface area contributed by atoms with Crippen LogP contribution in [0.15, 0.2) is 24.3 Å². The van der Waals surface area contributed by atoms with Crippen LogP contribution in [0.3, 0.4) is 0 Å². The third-order valence-corrected chi connectivity index (χ3v) is 2.87. The van der Waals surface area contributed by atoms with Gasteiger partial charge >= 0.3 is 0 Å². The van der Waals surface area contributed by atoms with Crippen molar-refractivity contribution in [2.75, 3.05) is 5.32 Å². The molecule has 0 fully saturated rings. The van der Waals surface area contributed by atoms with E-state index in [1.165, 1.54) is 0 Å². The second-order valence-corrected chi connectivity index (χ2v) is 4.65. The molecule has 0 saturated carbocycles. The van der Waals surface area contributed by atoms with Crippen LogP contribution in [-0.4, -0.2) is 9.97 Å². The second kappa shape index (κ2) is 4.95. The minimum Gasteiger partial charge on any atom is -0.337 e. The van der Waals surface area contributed by atoms with E-state index in [2.05, 4.69) is 15.3 Å². The van der Waals surface area contributed by atoms with Gasteiger partial charge in [-0.3, -0.25) is 0 Å². The van der Waals surface area contributed by atoms with Gasteiger partial charge in [-0.25, -0.2) is 14.4 Å². The van der Waals surface area contributed by atoms with Crippen molar-refractivity contribution in [3.8, 4) is 0 Å². The molecule has 88 valence electrons. The molecule has 1 aromatic heterocycles. The lowest BCUT2D eigenvalue weighted by atomic mass is 10.2. The van der Waals surface area contributed by atoms with Crippen LogP contribution in [0.5, 0.6) is 0 Å². The van der Waals surface area contributed by atoms with E-state index in [1.54, 1.807) is 6.92 Å². The molecule has 0 saturated heterocycles. The fourth-order valence-electron chi connectivity index (χ4n) is 1.45. The Labute approximate surface area is 113 Å². The van der Waals surface area contributed by atoms with E-state index in [1.807, 2.05) is 53.8 Å². The van der Waals surface area contributed by atoms with Crippen molar-refractivity contribution in [2.45, 2.75) is 13.8 Å². The Morgan fingerprint density at radius 2 is 1.88 bits per heavy atom. The van der Waals surface area contributed by atoms with Crippen LogP contribution in [0.4, 0.5) is 15.9 Å². The second-order valence-electron chi connectivity index (χ2n) is 3.68. The van der Waals surface area contributed by atoms with Crippen molar-refractivity contribution in [1.29, 1.82) is 0 Å². The van der Waals surface area contributed by atoms with Crippen molar-refractivity contribution >= 4 is 34.1 Å². The van der Waals surface area contributed by atoms with Gasteiger partial charge in [0, 0.05) is 28.3 Å². The van der Waals surface area contributed by atoms with E-state index in [0.717, 1.165) is 11.3 Å². The van der Waals surface area contributed by atoms with Gasteiger partial charge in [0.2, 0.25) is 0 Å². The number of hydrogen-bond acceptors (Lipinski definition) is 3. The molecule has 1 N–H and O–H groups in total. The Morgan fingerprint density at radius 1 is 1.18 bits per heavy atom.